The van der Waals surface area contributed by atoms with Crippen molar-refractivity contribution in [2.45, 2.75) is 6.54 Å². The molecule has 1 aliphatic rings. The molecule has 1 fully saturated rings. The van der Waals surface area contributed by atoms with E-state index >= 15 is 0 Å². The lowest BCUT2D eigenvalue weighted by Gasteiger charge is -2.13. The maximum Gasteiger partial charge on any atom is 0.415 e. The monoisotopic (exact) mass is 371 g/mol. The zero-order valence-corrected chi connectivity index (χ0v) is 15.7. The normalized spacial score (nSPS) is 13.4. The van der Waals surface area contributed by atoms with E-state index in [1.165, 1.54) is 0 Å². The summed E-state index contributed by atoms with van der Waals surface area (Å²) >= 11 is 0. The van der Waals surface area contributed by atoms with Gasteiger partial charge in [-0.15, -0.1) is 0 Å². The van der Waals surface area contributed by atoms with E-state index in [0.29, 0.717) is 18.8 Å². The second-order valence-electron chi connectivity index (χ2n) is 6.60. The predicted molar refractivity (Wildman–Crippen MR) is 109 cm³/mol. The fourth-order valence-corrected chi connectivity index (χ4v) is 3.34. The van der Waals surface area contributed by atoms with Crippen molar-refractivity contribution in [3.8, 4) is 5.75 Å². The van der Waals surface area contributed by atoms with Gasteiger partial charge in [0.2, 0.25) is 0 Å². The summed E-state index contributed by atoms with van der Waals surface area (Å²) in [4.78, 5) is 14.2. The molecule has 140 valence electrons. The standard InChI is InChI=1S/C24H21NO3/c1-27-21-14-12-18(13-15-21)16-25-17-22(28-24(25)26)23(19-8-4-2-5-9-19)20-10-6-3-7-11-20/h2-15H,16-17H2,1H3. The minimum absolute atomic E-state index is 0.324. The Balaban J connectivity index is 1.65. The van der Waals surface area contributed by atoms with Crippen molar-refractivity contribution in [1.29, 1.82) is 0 Å². The van der Waals surface area contributed by atoms with Gasteiger partial charge in [-0.3, -0.25) is 4.90 Å². The molecule has 1 heterocycles. The highest BCUT2D eigenvalue weighted by Crippen LogP contribution is 2.31. The average molecular weight is 371 g/mol. The van der Waals surface area contributed by atoms with E-state index in [0.717, 1.165) is 28.0 Å². The molecule has 3 aromatic rings. The minimum atomic E-state index is -0.324. The van der Waals surface area contributed by atoms with E-state index in [2.05, 4.69) is 0 Å². The number of hydrogen-bond acceptors (Lipinski definition) is 3. The molecule has 0 spiro atoms. The van der Waals surface area contributed by atoms with E-state index < -0.39 is 0 Å². The summed E-state index contributed by atoms with van der Waals surface area (Å²) in [5.41, 5.74) is 4.04. The van der Waals surface area contributed by atoms with Crippen molar-refractivity contribution < 1.29 is 14.3 Å². The molecule has 0 aliphatic carbocycles. The molecule has 0 aromatic heterocycles. The third kappa shape index (κ3) is 3.76. The summed E-state index contributed by atoms with van der Waals surface area (Å²) in [5.74, 6) is 1.47. The molecule has 0 unspecified atom stereocenters. The first-order valence-electron chi connectivity index (χ1n) is 9.18. The molecule has 28 heavy (non-hydrogen) atoms. The van der Waals surface area contributed by atoms with Crippen molar-refractivity contribution in [1.82, 2.24) is 4.90 Å². The van der Waals surface area contributed by atoms with Crippen molar-refractivity contribution in [3.05, 3.63) is 107 Å². The van der Waals surface area contributed by atoms with Gasteiger partial charge >= 0.3 is 6.09 Å². The summed E-state index contributed by atoms with van der Waals surface area (Å²) < 4.78 is 10.9. The number of rotatable bonds is 5. The first-order valence-corrected chi connectivity index (χ1v) is 9.18. The number of ether oxygens (including phenoxy) is 2. The van der Waals surface area contributed by atoms with Crippen LogP contribution < -0.4 is 4.74 Å². The van der Waals surface area contributed by atoms with Gasteiger partial charge in [0.15, 0.2) is 0 Å². The average Bonchev–Trinajstić information content (AvgIpc) is 3.10. The van der Waals surface area contributed by atoms with Crippen molar-refractivity contribution in [2.24, 2.45) is 0 Å². The topological polar surface area (TPSA) is 38.8 Å². The zero-order chi connectivity index (χ0) is 19.3. The number of benzene rings is 3. The summed E-state index contributed by atoms with van der Waals surface area (Å²) in [7, 11) is 1.64. The Kier molecular flexibility index (Phi) is 5.11. The number of cyclic esters (lactones) is 1. The SMILES string of the molecule is COc1ccc(CN2CC(=C(c3ccccc3)c3ccccc3)OC2=O)cc1. The van der Waals surface area contributed by atoms with Crippen LogP contribution in [-0.2, 0) is 11.3 Å². The van der Waals surface area contributed by atoms with E-state index in [4.69, 9.17) is 9.47 Å². The Morgan fingerprint density at radius 2 is 1.46 bits per heavy atom. The molecule has 4 heteroatoms. The van der Waals surface area contributed by atoms with Crippen LogP contribution in [0.25, 0.3) is 5.57 Å². The fraction of sp³-hybridized carbons (Fsp3) is 0.125. The quantitative estimate of drug-likeness (QED) is 0.626. The minimum Gasteiger partial charge on any atom is -0.497 e. The van der Waals surface area contributed by atoms with Crippen molar-refractivity contribution >= 4 is 11.7 Å². The zero-order valence-electron chi connectivity index (χ0n) is 15.7. The molecule has 4 rings (SSSR count). The van der Waals surface area contributed by atoms with Crippen LogP contribution >= 0.6 is 0 Å². The third-order valence-corrected chi connectivity index (χ3v) is 4.74. The van der Waals surface area contributed by atoms with Gasteiger partial charge in [0.25, 0.3) is 0 Å². The predicted octanol–water partition coefficient (Wildman–Crippen LogP) is 5.11. The number of nitrogens with zero attached hydrogens (tertiary/aromatic N) is 1. The van der Waals surface area contributed by atoms with Crippen LogP contribution in [0.15, 0.2) is 90.7 Å². The lowest BCUT2D eigenvalue weighted by molar-refractivity contribution is 0.167. The van der Waals surface area contributed by atoms with E-state index in [-0.39, 0.29) is 6.09 Å². The highest BCUT2D eigenvalue weighted by atomic mass is 16.6. The summed E-state index contributed by atoms with van der Waals surface area (Å²) in [6.07, 6.45) is -0.324. The van der Waals surface area contributed by atoms with Crippen molar-refractivity contribution in [3.63, 3.8) is 0 Å². The number of carbonyl (C=O) groups is 1. The van der Waals surface area contributed by atoms with E-state index in [1.54, 1.807) is 12.0 Å². The van der Waals surface area contributed by atoms with Gasteiger partial charge in [-0.2, -0.15) is 0 Å². The summed E-state index contributed by atoms with van der Waals surface area (Å²) in [6, 6.07) is 27.8. The first kappa shape index (κ1) is 17.9. The fourth-order valence-electron chi connectivity index (χ4n) is 3.34. The highest BCUT2D eigenvalue weighted by molar-refractivity contribution is 5.85. The van der Waals surface area contributed by atoms with Crippen LogP contribution in [0.2, 0.25) is 0 Å². The smallest absolute Gasteiger partial charge is 0.415 e. The Morgan fingerprint density at radius 1 is 0.893 bits per heavy atom. The number of carbonyl (C=O) groups excluding carboxylic acids is 1. The van der Waals surface area contributed by atoms with Crippen LogP contribution in [0, 0.1) is 0 Å². The summed E-state index contributed by atoms with van der Waals surface area (Å²) in [5, 5.41) is 0. The van der Waals surface area contributed by atoms with Crippen LogP contribution in [0.3, 0.4) is 0 Å². The number of amides is 1. The van der Waals surface area contributed by atoms with Crippen LogP contribution in [0.4, 0.5) is 4.79 Å². The molecule has 0 saturated carbocycles. The largest absolute Gasteiger partial charge is 0.497 e. The molecule has 0 bridgehead atoms. The number of hydrogen-bond donors (Lipinski definition) is 0. The van der Waals surface area contributed by atoms with Crippen LogP contribution in [0.1, 0.15) is 16.7 Å². The molecule has 0 radical (unpaired) electrons. The van der Waals surface area contributed by atoms with Gasteiger partial charge in [0, 0.05) is 12.1 Å². The number of methoxy groups -OCH3 is 1. The Bertz CT molecular complexity index is 938. The molecule has 3 aromatic carbocycles. The molecule has 0 atom stereocenters. The lowest BCUT2D eigenvalue weighted by Crippen LogP contribution is -2.23. The van der Waals surface area contributed by atoms with Gasteiger partial charge in [0.05, 0.1) is 13.7 Å². The molecule has 1 saturated heterocycles. The molecular formula is C24H21NO3. The first-order chi connectivity index (χ1) is 13.7. The molecular weight excluding hydrogens is 350 g/mol. The maximum atomic E-state index is 12.5. The molecule has 4 nitrogen and oxygen atoms in total. The van der Waals surface area contributed by atoms with E-state index in [1.807, 2.05) is 84.9 Å². The Labute approximate surface area is 164 Å². The third-order valence-electron chi connectivity index (χ3n) is 4.74. The van der Waals surface area contributed by atoms with Crippen LogP contribution in [-0.4, -0.2) is 24.6 Å². The summed E-state index contributed by atoms with van der Waals surface area (Å²) in [6.45, 7) is 0.924. The molecule has 1 amide bonds. The van der Waals surface area contributed by atoms with Gasteiger partial charge in [-0.1, -0.05) is 72.8 Å². The Morgan fingerprint density at radius 3 is 2.00 bits per heavy atom. The Hall–Kier alpha value is -3.53. The van der Waals surface area contributed by atoms with Gasteiger partial charge < -0.3 is 9.47 Å². The van der Waals surface area contributed by atoms with Gasteiger partial charge in [-0.25, -0.2) is 4.79 Å². The molecule has 1 aliphatic heterocycles. The second kappa shape index (κ2) is 8.01. The van der Waals surface area contributed by atoms with Crippen molar-refractivity contribution in [2.75, 3.05) is 13.7 Å². The maximum absolute atomic E-state index is 12.5. The lowest BCUT2D eigenvalue weighted by atomic mass is 9.96. The highest BCUT2D eigenvalue weighted by Gasteiger charge is 2.30. The molecule has 0 N–H and O–H groups in total. The second-order valence-corrected chi connectivity index (χ2v) is 6.60. The van der Waals surface area contributed by atoms with Gasteiger partial charge in [0.1, 0.15) is 11.5 Å². The van der Waals surface area contributed by atoms with Crippen LogP contribution in [0.5, 0.6) is 5.75 Å². The van der Waals surface area contributed by atoms with E-state index in [9.17, 15) is 4.79 Å². The van der Waals surface area contributed by atoms with Gasteiger partial charge in [-0.05, 0) is 28.8 Å².